The molecule has 0 radical (unpaired) electrons. The zero-order chi connectivity index (χ0) is 22.9. The average molecular weight is 464 g/mol. The van der Waals surface area contributed by atoms with Crippen molar-refractivity contribution in [3.05, 3.63) is 39.4 Å². The third-order valence-corrected chi connectivity index (χ3v) is 5.50. The van der Waals surface area contributed by atoms with Crippen LogP contribution < -0.4 is 21.3 Å². The van der Waals surface area contributed by atoms with Gasteiger partial charge in [0.15, 0.2) is 11.5 Å². The summed E-state index contributed by atoms with van der Waals surface area (Å²) in [6.45, 7) is 5.42. The molecule has 4 N–H and O–H groups in total. The number of halogens is 1. The molecule has 174 valence electrons. The average Bonchev–Trinajstić information content (AvgIpc) is 3.11. The van der Waals surface area contributed by atoms with Crippen molar-refractivity contribution in [3.63, 3.8) is 0 Å². The van der Waals surface area contributed by atoms with E-state index in [4.69, 9.17) is 21.3 Å². The number of aromatic nitrogens is 2. The molecule has 0 spiro atoms. The molecular formula is C21H30ClN7O3. The zero-order valence-electron chi connectivity index (χ0n) is 18.4. The first-order valence-corrected chi connectivity index (χ1v) is 11.2. The van der Waals surface area contributed by atoms with E-state index in [0.717, 1.165) is 24.9 Å². The highest BCUT2D eigenvalue weighted by molar-refractivity contribution is 6.33. The van der Waals surface area contributed by atoms with Crippen LogP contribution in [0.25, 0.3) is 0 Å². The molecule has 1 saturated heterocycles. The van der Waals surface area contributed by atoms with E-state index in [2.05, 4.69) is 26.4 Å². The van der Waals surface area contributed by atoms with Gasteiger partial charge in [-0.1, -0.05) is 17.7 Å². The van der Waals surface area contributed by atoms with Gasteiger partial charge in [0.1, 0.15) is 5.69 Å². The summed E-state index contributed by atoms with van der Waals surface area (Å²) in [4.78, 5) is 28.6. The molecule has 0 aliphatic carbocycles. The molecule has 10 nitrogen and oxygen atoms in total. The van der Waals surface area contributed by atoms with Gasteiger partial charge in [-0.3, -0.25) is 9.36 Å². The fraction of sp³-hybridized carbons (Fsp3) is 0.524. The van der Waals surface area contributed by atoms with Gasteiger partial charge >= 0.3 is 0 Å². The van der Waals surface area contributed by atoms with E-state index >= 15 is 0 Å². The molecule has 1 aromatic carbocycles. The molecule has 1 aromatic heterocycles. The molecular weight excluding hydrogens is 434 g/mol. The minimum atomic E-state index is -0.218. The van der Waals surface area contributed by atoms with Gasteiger partial charge in [-0.25, -0.2) is 0 Å². The Morgan fingerprint density at radius 2 is 2.09 bits per heavy atom. The van der Waals surface area contributed by atoms with Gasteiger partial charge in [0, 0.05) is 38.9 Å². The van der Waals surface area contributed by atoms with Crippen molar-refractivity contribution >= 4 is 35.0 Å². The van der Waals surface area contributed by atoms with Crippen LogP contribution in [0.5, 0.6) is 0 Å². The van der Waals surface area contributed by atoms with E-state index in [1.165, 1.54) is 0 Å². The maximum absolute atomic E-state index is 13.0. The lowest BCUT2D eigenvalue weighted by molar-refractivity contribution is 0.0901. The summed E-state index contributed by atoms with van der Waals surface area (Å²) in [5, 5.41) is 15.9. The van der Waals surface area contributed by atoms with Gasteiger partial charge < -0.3 is 26.0 Å². The smallest absolute Gasteiger partial charge is 0.271 e. The number of hydrogen-bond donors (Lipinski definition) is 4. The third-order valence-electron chi connectivity index (χ3n) is 5.19. The molecule has 2 heterocycles. The summed E-state index contributed by atoms with van der Waals surface area (Å²) >= 11 is 6.19. The number of imidazole rings is 1. The molecule has 1 aliphatic heterocycles. The van der Waals surface area contributed by atoms with Crippen LogP contribution in [0.4, 0.5) is 17.5 Å². The second kappa shape index (κ2) is 11.8. The Hall–Kier alpha value is -2.69. The van der Waals surface area contributed by atoms with Gasteiger partial charge in [0.25, 0.3) is 5.91 Å². The number of nitrogens with zero attached hydrogens (tertiary/aromatic N) is 3. The van der Waals surface area contributed by atoms with Crippen molar-refractivity contribution in [1.82, 2.24) is 20.2 Å². The molecule has 11 heteroatoms. The molecule has 32 heavy (non-hydrogen) atoms. The van der Waals surface area contributed by atoms with E-state index in [-0.39, 0.29) is 22.7 Å². The maximum Gasteiger partial charge on any atom is 0.271 e. The number of carbonyl (C=O) groups excluding carboxylic acids is 1. The number of ether oxygens (including phenoxy) is 1. The van der Waals surface area contributed by atoms with Crippen LogP contribution in [0.2, 0.25) is 5.02 Å². The van der Waals surface area contributed by atoms with Gasteiger partial charge in [0.05, 0.1) is 11.6 Å². The van der Waals surface area contributed by atoms with Crippen molar-refractivity contribution < 1.29 is 9.53 Å². The number of hydrogen-bond acceptors (Lipinski definition) is 8. The number of amides is 1. The highest BCUT2D eigenvalue weighted by atomic mass is 35.5. The van der Waals surface area contributed by atoms with E-state index < -0.39 is 0 Å². The Morgan fingerprint density at radius 3 is 2.75 bits per heavy atom. The maximum atomic E-state index is 13.0. The molecule has 0 unspecified atom stereocenters. The largest absolute Gasteiger partial charge is 0.381 e. The fourth-order valence-corrected chi connectivity index (χ4v) is 3.79. The Bertz CT molecular complexity index is 928. The van der Waals surface area contributed by atoms with Crippen molar-refractivity contribution in [2.45, 2.75) is 32.4 Å². The highest BCUT2D eigenvalue weighted by Gasteiger charge is 2.25. The van der Waals surface area contributed by atoms with E-state index in [1.54, 1.807) is 18.2 Å². The van der Waals surface area contributed by atoms with Gasteiger partial charge in [-0.05, 0) is 49.7 Å². The summed E-state index contributed by atoms with van der Waals surface area (Å²) < 4.78 is 7.31. The Labute approximate surface area is 192 Å². The second-order valence-corrected chi connectivity index (χ2v) is 7.92. The number of nitroso groups, excluding NO2 is 1. The van der Waals surface area contributed by atoms with Crippen molar-refractivity contribution in [1.29, 1.82) is 0 Å². The number of benzene rings is 1. The predicted octanol–water partition coefficient (Wildman–Crippen LogP) is 2.95. The Balaban J connectivity index is 2.00. The van der Waals surface area contributed by atoms with Crippen LogP contribution in [0.15, 0.2) is 23.4 Å². The zero-order valence-corrected chi connectivity index (χ0v) is 19.2. The molecule has 2 aromatic rings. The topological polar surface area (TPSA) is 122 Å². The summed E-state index contributed by atoms with van der Waals surface area (Å²) in [7, 11) is 1.87. The van der Waals surface area contributed by atoms with Crippen LogP contribution in [0.3, 0.4) is 0 Å². The lowest BCUT2D eigenvalue weighted by Crippen LogP contribution is -2.30. The Morgan fingerprint density at radius 1 is 1.31 bits per heavy atom. The second-order valence-electron chi connectivity index (χ2n) is 7.52. The monoisotopic (exact) mass is 463 g/mol. The fourth-order valence-electron chi connectivity index (χ4n) is 3.55. The summed E-state index contributed by atoms with van der Waals surface area (Å²) in [5.74, 6) is 0.890. The number of nitrogens with one attached hydrogen (secondary N) is 4. The standard InChI is InChI=1S/C21H30ClN7O3/c1-3-24-20(30)18-19(25-9-8-23-2)27-21(26-15-6-10-32-11-7-15)29(18)13-14-4-5-17(28-31)16(22)12-14/h4-5,12,15,23,25H,3,6-11,13H2,1-2H3,(H,24,30)(H,26,27). The lowest BCUT2D eigenvalue weighted by Gasteiger charge is -2.24. The van der Waals surface area contributed by atoms with Gasteiger partial charge in [-0.15, -0.1) is 4.91 Å². The van der Waals surface area contributed by atoms with Crippen molar-refractivity contribution in [2.75, 3.05) is 50.5 Å². The van der Waals surface area contributed by atoms with Gasteiger partial charge in [-0.2, -0.15) is 4.98 Å². The summed E-state index contributed by atoms with van der Waals surface area (Å²) in [6.07, 6.45) is 1.72. The first-order valence-electron chi connectivity index (χ1n) is 10.8. The number of carbonyl (C=O) groups is 1. The van der Waals surface area contributed by atoms with Gasteiger partial charge in [0.2, 0.25) is 5.95 Å². The quantitative estimate of drug-likeness (QED) is 0.298. The third kappa shape index (κ3) is 5.96. The molecule has 1 aliphatic rings. The van der Waals surface area contributed by atoms with Crippen LogP contribution in [0.1, 0.15) is 35.8 Å². The van der Waals surface area contributed by atoms with Crippen LogP contribution in [-0.4, -0.2) is 61.4 Å². The van der Waals surface area contributed by atoms with E-state index in [9.17, 15) is 9.70 Å². The normalized spacial score (nSPS) is 14.2. The van der Waals surface area contributed by atoms with Crippen LogP contribution in [-0.2, 0) is 11.3 Å². The minimum absolute atomic E-state index is 0.181. The SMILES string of the molecule is CCNC(=O)c1c(NCCNC)nc(NC2CCOCC2)n1Cc1ccc(N=O)c(Cl)c1. The number of anilines is 2. The lowest BCUT2D eigenvalue weighted by atomic mass is 10.1. The first-order chi connectivity index (χ1) is 15.6. The molecule has 1 amide bonds. The number of rotatable bonds is 11. The van der Waals surface area contributed by atoms with E-state index in [0.29, 0.717) is 50.3 Å². The summed E-state index contributed by atoms with van der Waals surface area (Å²) in [5.41, 5.74) is 1.44. The van der Waals surface area contributed by atoms with E-state index in [1.807, 2.05) is 18.5 Å². The van der Waals surface area contributed by atoms with Crippen molar-refractivity contribution in [3.8, 4) is 0 Å². The molecule has 0 bridgehead atoms. The predicted molar refractivity (Wildman–Crippen MR) is 126 cm³/mol. The molecule has 0 saturated carbocycles. The first kappa shape index (κ1) is 24.0. The molecule has 3 rings (SSSR count). The molecule has 0 atom stereocenters. The highest BCUT2D eigenvalue weighted by Crippen LogP contribution is 2.29. The van der Waals surface area contributed by atoms with Crippen LogP contribution in [0, 0.1) is 4.91 Å². The molecule has 1 fully saturated rings. The van der Waals surface area contributed by atoms with Crippen molar-refractivity contribution in [2.24, 2.45) is 5.18 Å². The minimum Gasteiger partial charge on any atom is -0.381 e. The Kier molecular flexibility index (Phi) is 8.83. The van der Waals surface area contributed by atoms with Crippen LogP contribution >= 0.6 is 11.6 Å². The number of likely N-dealkylation sites (N-methyl/N-ethyl adjacent to an activating group) is 1. The summed E-state index contributed by atoms with van der Waals surface area (Å²) in [6, 6.07) is 5.23.